The van der Waals surface area contributed by atoms with E-state index >= 15 is 0 Å². The van der Waals surface area contributed by atoms with Crippen molar-refractivity contribution in [3.05, 3.63) is 71.5 Å². The molecular formula is C19H21FN2O2. The Morgan fingerprint density at radius 2 is 1.92 bits per heavy atom. The van der Waals surface area contributed by atoms with Crippen molar-refractivity contribution in [2.45, 2.75) is 25.8 Å². The molecule has 1 N–H and O–H groups in total. The highest BCUT2D eigenvalue weighted by Gasteiger charge is 2.08. The van der Waals surface area contributed by atoms with Gasteiger partial charge in [0.25, 0.3) is 5.91 Å². The molecule has 24 heavy (non-hydrogen) atoms. The van der Waals surface area contributed by atoms with Gasteiger partial charge in [0.2, 0.25) is 0 Å². The summed E-state index contributed by atoms with van der Waals surface area (Å²) in [4.78, 5) is 16.7. The number of carbonyl (C=O) groups is 1. The van der Waals surface area contributed by atoms with Crippen molar-refractivity contribution in [1.82, 2.24) is 5.32 Å². The molecule has 0 saturated heterocycles. The third-order valence-corrected chi connectivity index (χ3v) is 3.48. The summed E-state index contributed by atoms with van der Waals surface area (Å²) in [5.74, 6) is -0.634. The summed E-state index contributed by atoms with van der Waals surface area (Å²) < 4.78 is 13.3. The smallest absolute Gasteiger partial charge is 0.260 e. The number of rotatable bonds is 8. The predicted octanol–water partition coefficient (Wildman–Crippen LogP) is 3.31. The molecule has 2 rings (SSSR count). The minimum Gasteiger partial charge on any atom is -0.386 e. The molecule has 5 heteroatoms. The SMILES string of the molecule is C[C@@H](CCc1ccccc1)NC(=O)CO/N=C\c1ccccc1F. The molecule has 0 unspecified atom stereocenters. The van der Waals surface area contributed by atoms with E-state index in [0.29, 0.717) is 5.56 Å². The number of benzene rings is 2. The highest BCUT2D eigenvalue weighted by atomic mass is 19.1. The van der Waals surface area contributed by atoms with Gasteiger partial charge < -0.3 is 10.2 Å². The van der Waals surface area contributed by atoms with Gasteiger partial charge in [0.1, 0.15) is 5.82 Å². The fraction of sp³-hybridized carbons (Fsp3) is 0.263. The number of nitrogens with zero attached hydrogens (tertiary/aromatic N) is 1. The summed E-state index contributed by atoms with van der Waals surface area (Å²) >= 11 is 0. The van der Waals surface area contributed by atoms with Crippen molar-refractivity contribution in [1.29, 1.82) is 0 Å². The average Bonchev–Trinajstić information content (AvgIpc) is 2.59. The molecule has 0 aromatic heterocycles. The van der Waals surface area contributed by atoms with Gasteiger partial charge in [0.15, 0.2) is 6.61 Å². The molecule has 0 spiro atoms. The van der Waals surface area contributed by atoms with Crippen LogP contribution in [0.5, 0.6) is 0 Å². The van der Waals surface area contributed by atoms with Crippen molar-refractivity contribution < 1.29 is 14.0 Å². The number of aryl methyl sites for hydroxylation is 1. The maximum absolute atomic E-state index is 13.3. The van der Waals surface area contributed by atoms with Crippen molar-refractivity contribution in [2.75, 3.05) is 6.61 Å². The third-order valence-electron chi connectivity index (χ3n) is 3.48. The van der Waals surface area contributed by atoms with E-state index in [1.54, 1.807) is 18.2 Å². The van der Waals surface area contributed by atoms with Crippen molar-refractivity contribution in [3.63, 3.8) is 0 Å². The summed E-state index contributed by atoms with van der Waals surface area (Å²) in [7, 11) is 0. The first-order valence-corrected chi connectivity index (χ1v) is 7.88. The minimum absolute atomic E-state index is 0.0388. The van der Waals surface area contributed by atoms with Gasteiger partial charge in [-0.15, -0.1) is 0 Å². The average molecular weight is 328 g/mol. The Hall–Kier alpha value is -2.69. The Balaban J connectivity index is 1.66. The van der Waals surface area contributed by atoms with Crippen molar-refractivity contribution >= 4 is 12.1 Å². The lowest BCUT2D eigenvalue weighted by molar-refractivity contribution is -0.126. The molecule has 126 valence electrons. The topological polar surface area (TPSA) is 50.7 Å². The van der Waals surface area contributed by atoms with Crippen LogP contribution in [0.15, 0.2) is 59.8 Å². The summed E-state index contributed by atoms with van der Waals surface area (Å²) in [6, 6.07) is 16.4. The zero-order valence-corrected chi connectivity index (χ0v) is 13.6. The van der Waals surface area contributed by atoms with E-state index in [-0.39, 0.29) is 24.4 Å². The maximum Gasteiger partial charge on any atom is 0.260 e. The Bertz CT molecular complexity index is 674. The zero-order chi connectivity index (χ0) is 17.2. The van der Waals surface area contributed by atoms with Crippen LogP contribution in [0.25, 0.3) is 0 Å². The van der Waals surface area contributed by atoms with E-state index in [1.165, 1.54) is 17.8 Å². The highest BCUT2D eigenvalue weighted by Crippen LogP contribution is 2.05. The van der Waals surface area contributed by atoms with E-state index in [2.05, 4.69) is 22.6 Å². The second-order valence-corrected chi connectivity index (χ2v) is 5.52. The lowest BCUT2D eigenvalue weighted by Gasteiger charge is -2.13. The Labute approximate surface area is 141 Å². The van der Waals surface area contributed by atoms with Gasteiger partial charge in [-0.25, -0.2) is 4.39 Å². The van der Waals surface area contributed by atoms with Crippen molar-refractivity contribution in [3.8, 4) is 0 Å². The number of nitrogens with one attached hydrogen (secondary N) is 1. The Morgan fingerprint density at radius 1 is 1.21 bits per heavy atom. The molecule has 0 fully saturated rings. The van der Waals surface area contributed by atoms with E-state index in [0.717, 1.165) is 12.8 Å². The molecule has 1 atom stereocenters. The maximum atomic E-state index is 13.3. The number of amides is 1. The quantitative estimate of drug-likeness (QED) is 0.597. The lowest BCUT2D eigenvalue weighted by atomic mass is 10.1. The molecular weight excluding hydrogens is 307 g/mol. The lowest BCUT2D eigenvalue weighted by Crippen LogP contribution is -2.35. The van der Waals surface area contributed by atoms with Crippen LogP contribution in [0, 0.1) is 5.82 Å². The molecule has 0 radical (unpaired) electrons. The first-order valence-electron chi connectivity index (χ1n) is 7.88. The second-order valence-electron chi connectivity index (χ2n) is 5.52. The third kappa shape index (κ3) is 6.20. The summed E-state index contributed by atoms with van der Waals surface area (Å²) in [5.41, 5.74) is 1.55. The van der Waals surface area contributed by atoms with Crippen LogP contribution in [-0.2, 0) is 16.1 Å². The van der Waals surface area contributed by atoms with Crippen LogP contribution in [-0.4, -0.2) is 24.8 Å². The van der Waals surface area contributed by atoms with Crippen molar-refractivity contribution in [2.24, 2.45) is 5.16 Å². The van der Waals surface area contributed by atoms with Gasteiger partial charge in [0, 0.05) is 11.6 Å². The van der Waals surface area contributed by atoms with Crippen LogP contribution >= 0.6 is 0 Å². The van der Waals surface area contributed by atoms with Gasteiger partial charge in [-0.2, -0.15) is 0 Å². The molecule has 0 aliphatic rings. The molecule has 1 amide bonds. The van der Waals surface area contributed by atoms with Gasteiger partial charge in [0.05, 0.1) is 6.21 Å². The fourth-order valence-electron chi connectivity index (χ4n) is 2.19. The van der Waals surface area contributed by atoms with Crippen LogP contribution < -0.4 is 5.32 Å². The normalized spacial score (nSPS) is 12.1. The van der Waals surface area contributed by atoms with Crippen LogP contribution in [0.1, 0.15) is 24.5 Å². The molecule has 4 nitrogen and oxygen atoms in total. The van der Waals surface area contributed by atoms with Gasteiger partial charge >= 0.3 is 0 Å². The minimum atomic E-state index is -0.385. The molecule has 2 aromatic rings. The first kappa shape index (κ1) is 17.7. The molecule has 0 heterocycles. The first-order chi connectivity index (χ1) is 11.6. The van der Waals surface area contributed by atoms with Crippen LogP contribution in [0.4, 0.5) is 4.39 Å². The standard InChI is InChI=1S/C19H21FN2O2/c1-15(11-12-16-7-3-2-4-8-16)22-19(23)14-24-21-13-17-9-5-6-10-18(17)20/h2-10,13,15H,11-12,14H2,1H3,(H,22,23)/b21-13-/t15-/m0/s1. The summed E-state index contributed by atoms with van der Waals surface area (Å²) in [6.07, 6.45) is 2.99. The number of halogens is 1. The monoisotopic (exact) mass is 328 g/mol. The molecule has 0 saturated carbocycles. The largest absolute Gasteiger partial charge is 0.386 e. The fourth-order valence-corrected chi connectivity index (χ4v) is 2.19. The van der Waals surface area contributed by atoms with Gasteiger partial charge in [-0.1, -0.05) is 53.7 Å². The summed E-state index contributed by atoms with van der Waals surface area (Å²) in [6.45, 7) is 1.75. The van der Waals surface area contributed by atoms with Crippen LogP contribution in [0.3, 0.4) is 0 Å². The predicted molar refractivity (Wildman–Crippen MR) is 92.3 cm³/mol. The van der Waals surface area contributed by atoms with E-state index < -0.39 is 0 Å². The Morgan fingerprint density at radius 3 is 2.67 bits per heavy atom. The van der Waals surface area contributed by atoms with Crippen LogP contribution in [0.2, 0.25) is 0 Å². The zero-order valence-electron chi connectivity index (χ0n) is 13.6. The van der Waals surface area contributed by atoms with E-state index in [1.807, 2.05) is 25.1 Å². The molecule has 2 aromatic carbocycles. The highest BCUT2D eigenvalue weighted by molar-refractivity contribution is 5.80. The summed E-state index contributed by atoms with van der Waals surface area (Å²) in [5, 5.41) is 6.47. The van der Waals surface area contributed by atoms with Gasteiger partial charge in [-0.05, 0) is 31.4 Å². The van der Waals surface area contributed by atoms with E-state index in [4.69, 9.17) is 4.84 Å². The number of hydrogen-bond acceptors (Lipinski definition) is 3. The molecule has 0 aliphatic carbocycles. The Kier molecular flexibility index (Phi) is 6.95. The van der Waals surface area contributed by atoms with Gasteiger partial charge in [-0.3, -0.25) is 4.79 Å². The molecule has 0 bridgehead atoms. The number of oxime groups is 1. The number of carbonyl (C=O) groups excluding carboxylic acids is 1. The molecule has 0 aliphatic heterocycles. The second kappa shape index (κ2) is 9.45. The van der Waals surface area contributed by atoms with E-state index in [9.17, 15) is 9.18 Å². The number of hydrogen-bond donors (Lipinski definition) is 1.